The quantitative estimate of drug-likeness (QED) is 0.263. The maximum absolute atomic E-state index is 8.33. The molecular formula is C2H3Cs2IO3. The largest absolute Gasteiger partial charge is 1.00 e. The Balaban J connectivity index is -0.0000000183. The fourth-order valence-corrected chi connectivity index (χ4v) is 0. The van der Waals surface area contributed by atoms with E-state index in [0.29, 0.717) is 0 Å². The van der Waals surface area contributed by atoms with Gasteiger partial charge in [0.25, 0.3) is 0 Å². The summed E-state index contributed by atoms with van der Waals surface area (Å²) in [6.45, 7) is 0. The maximum atomic E-state index is 8.33. The average molecular weight is 468 g/mol. The third-order valence-electron chi connectivity index (χ3n) is 0. The van der Waals surface area contributed by atoms with Gasteiger partial charge >= 0.3 is 138 Å². The van der Waals surface area contributed by atoms with Gasteiger partial charge in [0, 0.05) is 0 Å². The Kier molecular flexibility index (Phi) is 63.8. The van der Waals surface area contributed by atoms with Crippen LogP contribution in [0.3, 0.4) is 0 Å². The number of carbonyl (C=O) groups is 1. The number of carboxylic acid groups (broad SMARTS) is 2. The van der Waals surface area contributed by atoms with Gasteiger partial charge in [0.05, 0.1) is 0 Å². The molecular weight excluding hydrogens is 465 g/mol. The van der Waals surface area contributed by atoms with Crippen molar-refractivity contribution in [2.24, 2.45) is 0 Å². The van der Waals surface area contributed by atoms with E-state index in [1.54, 1.807) is 0 Å². The summed E-state index contributed by atoms with van der Waals surface area (Å²) in [6.07, 6.45) is -2.33. The number of hydrogen-bond acceptors (Lipinski definition) is 3. The third-order valence-corrected chi connectivity index (χ3v) is 0. The van der Waals surface area contributed by atoms with Crippen LogP contribution in [-0.2, 0) is 0 Å². The van der Waals surface area contributed by atoms with Gasteiger partial charge in [-0.15, -0.1) is 0 Å². The zero-order valence-corrected chi connectivity index (χ0v) is 19.8. The SMILES string of the molecule is CI.O=C([O-])[O-].[Cs+].[Cs+]. The van der Waals surface area contributed by atoms with E-state index in [4.69, 9.17) is 15.0 Å². The van der Waals surface area contributed by atoms with Crippen molar-refractivity contribution in [3.63, 3.8) is 0 Å². The molecule has 0 rings (SSSR count). The van der Waals surface area contributed by atoms with Crippen LogP contribution in [0.1, 0.15) is 0 Å². The summed E-state index contributed by atoms with van der Waals surface area (Å²) >= 11 is 2.15. The van der Waals surface area contributed by atoms with Crippen molar-refractivity contribution in [1.82, 2.24) is 0 Å². The fraction of sp³-hybridized carbons (Fsp3) is 0.500. The van der Waals surface area contributed by atoms with Crippen LogP contribution in [-0.4, -0.2) is 11.1 Å². The first-order valence-electron chi connectivity index (χ1n) is 0.990. The zero-order chi connectivity index (χ0) is 5.58. The first-order chi connectivity index (χ1) is 2.73. The first-order valence-corrected chi connectivity index (χ1v) is 3.15. The summed E-state index contributed by atoms with van der Waals surface area (Å²) in [7, 11) is 0. The molecule has 0 aromatic carbocycles. The molecule has 0 N–H and O–H groups in total. The van der Waals surface area contributed by atoms with E-state index in [1.807, 2.05) is 4.93 Å². The van der Waals surface area contributed by atoms with E-state index in [9.17, 15) is 0 Å². The molecule has 0 spiro atoms. The van der Waals surface area contributed by atoms with Crippen LogP contribution in [0.2, 0.25) is 0 Å². The van der Waals surface area contributed by atoms with E-state index in [1.165, 1.54) is 0 Å². The van der Waals surface area contributed by atoms with E-state index >= 15 is 0 Å². The monoisotopic (exact) mass is 468 g/mol. The summed E-state index contributed by atoms with van der Waals surface area (Å²) in [5, 5.41) is 16.7. The summed E-state index contributed by atoms with van der Waals surface area (Å²) in [4.78, 5) is 10.3. The Morgan fingerprint density at radius 1 is 1.25 bits per heavy atom. The molecule has 0 saturated carbocycles. The summed E-state index contributed by atoms with van der Waals surface area (Å²) < 4.78 is 0. The Morgan fingerprint density at radius 3 is 1.25 bits per heavy atom. The first kappa shape index (κ1) is 22.7. The minimum absolute atomic E-state index is 0. The number of halogens is 1. The molecule has 6 heteroatoms. The average Bonchev–Trinajstić information content (AvgIpc) is 1.41. The Hall–Kier alpha value is 4.10. The van der Waals surface area contributed by atoms with Gasteiger partial charge < -0.3 is 15.0 Å². The molecule has 0 aromatic rings. The molecule has 0 aliphatic heterocycles. The van der Waals surface area contributed by atoms with Gasteiger partial charge in [0.2, 0.25) is 0 Å². The Labute approximate surface area is 180 Å². The molecule has 0 aliphatic rings. The number of hydrogen-bond donors (Lipinski definition) is 0. The van der Waals surface area contributed by atoms with E-state index in [0.717, 1.165) is 0 Å². The van der Waals surface area contributed by atoms with Gasteiger partial charge in [-0.2, -0.15) is 0 Å². The molecule has 0 fully saturated rings. The minimum Gasteiger partial charge on any atom is -0.652 e. The van der Waals surface area contributed by atoms with E-state index in [2.05, 4.69) is 22.6 Å². The van der Waals surface area contributed by atoms with Crippen molar-refractivity contribution < 1.29 is 153 Å². The molecule has 0 atom stereocenters. The van der Waals surface area contributed by atoms with Crippen molar-refractivity contribution >= 4 is 28.7 Å². The topological polar surface area (TPSA) is 63.2 Å². The van der Waals surface area contributed by atoms with Crippen molar-refractivity contribution in [3.05, 3.63) is 0 Å². The fourth-order valence-electron chi connectivity index (χ4n) is 0. The van der Waals surface area contributed by atoms with Crippen LogP contribution in [0.4, 0.5) is 4.79 Å². The van der Waals surface area contributed by atoms with Gasteiger partial charge in [0.15, 0.2) is 0 Å². The molecule has 0 amide bonds. The third kappa shape index (κ3) is 49.7. The number of rotatable bonds is 0. The molecule has 0 saturated heterocycles. The zero-order valence-electron chi connectivity index (χ0n) is 5.10. The van der Waals surface area contributed by atoms with Gasteiger partial charge in [-0.3, -0.25) is 0 Å². The molecule has 38 valence electrons. The smallest absolute Gasteiger partial charge is 0.652 e. The maximum Gasteiger partial charge on any atom is 1.00 e. The molecule has 0 aromatic heterocycles. The minimum atomic E-state index is -2.33. The second-order valence-electron chi connectivity index (χ2n) is 0.250. The van der Waals surface area contributed by atoms with Crippen molar-refractivity contribution in [2.45, 2.75) is 0 Å². The van der Waals surface area contributed by atoms with Crippen molar-refractivity contribution in [3.8, 4) is 0 Å². The summed E-state index contributed by atoms with van der Waals surface area (Å²) in [5.74, 6) is 0. The second-order valence-corrected chi connectivity index (χ2v) is 0.250. The van der Waals surface area contributed by atoms with E-state index in [-0.39, 0.29) is 138 Å². The van der Waals surface area contributed by atoms with Gasteiger partial charge in [-0.05, 0) is 11.1 Å². The van der Waals surface area contributed by atoms with Crippen LogP contribution in [0.25, 0.3) is 0 Å². The predicted molar refractivity (Wildman–Crippen MR) is 25.3 cm³/mol. The molecule has 8 heavy (non-hydrogen) atoms. The molecule has 0 aliphatic carbocycles. The normalized spacial score (nSPS) is 3.75. The van der Waals surface area contributed by atoms with Gasteiger partial charge in [-0.1, -0.05) is 22.6 Å². The van der Waals surface area contributed by atoms with Crippen molar-refractivity contribution in [2.75, 3.05) is 4.93 Å². The number of alkyl halides is 1. The molecule has 0 unspecified atom stereocenters. The van der Waals surface area contributed by atoms with Crippen LogP contribution in [0, 0.1) is 0 Å². The van der Waals surface area contributed by atoms with Crippen LogP contribution in [0.15, 0.2) is 0 Å². The van der Waals surface area contributed by atoms with Crippen LogP contribution in [0.5, 0.6) is 0 Å². The van der Waals surface area contributed by atoms with Crippen LogP contribution < -0.4 is 148 Å². The molecule has 0 heterocycles. The summed E-state index contributed by atoms with van der Waals surface area (Å²) in [5.41, 5.74) is 0. The van der Waals surface area contributed by atoms with E-state index < -0.39 is 6.16 Å². The van der Waals surface area contributed by atoms with Gasteiger partial charge in [0.1, 0.15) is 0 Å². The van der Waals surface area contributed by atoms with Gasteiger partial charge in [-0.25, -0.2) is 0 Å². The summed E-state index contributed by atoms with van der Waals surface area (Å²) in [6, 6.07) is 0. The second kappa shape index (κ2) is 22.5. The number of carbonyl (C=O) groups excluding carboxylic acids is 1. The Bertz CT molecular complexity index is 38.3. The molecule has 3 nitrogen and oxygen atoms in total. The molecule has 0 radical (unpaired) electrons. The Morgan fingerprint density at radius 2 is 1.25 bits per heavy atom. The van der Waals surface area contributed by atoms with Crippen LogP contribution >= 0.6 is 22.6 Å². The molecule has 0 bridgehead atoms. The predicted octanol–water partition coefficient (Wildman–Crippen LogP) is -7.39. The van der Waals surface area contributed by atoms with Crippen molar-refractivity contribution in [1.29, 1.82) is 0 Å². The standard InChI is InChI=1S/CH3I.CH2O3.2Cs/c1-2;2-1(3)4;;/h1H3;(H2,2,3,4);;/q;;2*+1/p-2.